The first kappa shape index (κ1) is 13.2. The predicted octanol–water partition coefficient (Wildman–Crippen LogP) is 2.09. The SMILES string of the molecule is CC(NC(CCC#N)c1ccccc1)C(=O)O. The molecule has 0 amide bonds. The van der Waals surface area contributed by atoms with Gasteiger partial charge in [0.15, 0.2) is 0 Å². The van der Waals surface area contributed by atoms with E-state index in [2.05, 4.69) is 11.4 Å². The number of carboxylic acid groups (broad SMARTS) is 1. The Labute approximate surface area is 101 Å². The molecule has 2 atom stereocenters. The van der Waals surface area contributed by atoms with Gasteiger partial charge in [0.1, 0.15) is 6.04 Å². The number of nitriles is 1. The Hall–Kier alpha value is -1.86. The summed E-state index contributed by atoms with van der Waals surface area (Å²) in [5.74, 6) is -0.886. The molecule has 90 valence electrons. The van der Waals surface area contributed by atoms with Crippen molar-refractivity contribution in [3.05, 3.63) is 35.9 Å². The van der Waals surface area contributed by atoms with E-state index in [-0.39, 0.29) is 6.04 Å². The third-order valence-corrected chi connectivity index (χ3v) is 2.57. The van der Waals surface area contributed by atoms with Crippen molar-refractivity contribution in [3.63, 3.8) is 0 Å². The zero-order valence-corrected chi connectivity index (χ0v) is 9.76. The molecule has 17 heavy (non-hydrogen) atoms. The van der Waals surface area contributed by atoms with Crippen LogP contribution < -0.4 is 5.32 Å². The smallest absolute Gasteiger partial charge is 0.320 e. The highest BCUT2D eigenvalue weighted by atomic mass is 16.4. The van der Waals surface area contributed by atoms with Crippen molar-refractivity contribution in [2.75, 3.05) is 0 Å². The minimum absolute atomic E-state index is 0.0954. The van der Waals surface area contributed by atoms with Gasteiger partial charge in [0.25, 0.3) is 0 Å². The van der Waals surface area contributed by atoms with Gasteiger partial charge < -0.3 is 5.11 Å². The van der Waals surface area contributed by atoms with E-state index in [1.54, 1.807) is 6.92 Å². The highest BCUT2D eigenvalue weighted by Gasteiger charge is 2.17. The molecule has 0 aliphatic rings. The first-order chi connectivity index (χ1) is 8.15. The van der Waals surface area contributed by atoms with Crippen molar-refractivity contribution < 1.29 is 9.90 Å². The zero-order valence-electron chi connectivity index (χ0n) is 9.76. The van der Waals surface area contributed by atoms with Crippen LogP contribution in [0.15, 0.2) is 30.3 Å². The fourth-order valence-electron chi connectivity index (χ4n) is 1.61. The van der Waals surface area contributed by atoms with Crippen molar-refractivity contribution in [3.8, 4) is 6.07 Å². The molecule has 2 unspecified atom stereocenters. The molecular formula is C13H16N2O2. The van der Waals surface area contributed by atoms with Gasteiger partial charge in [0.05, 0.1) is 6.07 Å². The number of benzene rings is 1. The van der Waals surface area contributed by atoms with Crippen LogP contribution in [0.3, 0.4) is 0 Å². The van der Waals surface area contributed by atoms with Gasteiger partial charge in [-0.1, -0.05) is 30.3 Å². The number of carboxylic acids is 1. The lowest BCUT2D eigenvalue weighted by molar-refractivity contribution is -0.139. The molecule has 0 fully saturated rings. The summed E-state index contributed by atoms with van der Waals surface area (Å²) >= 11 is 0. The summed E-state index contributed by atoms with van der Waals surface area (Å²) in [4.78, 5) is 10.8. The zero-order chi connectivity index (χ0) is 12.7. The van der Waals surface area contributed by atoms with Crippen LogP contribution in [0.4, 0.5) is 0 Å². The van der Waals surface area contributed by atoms with E-state index in [1.807, 2.05) is 30.3 Å². The van der Waals surface area contributed by atoms with Crippen molar-refractivity contribution in [2.24, 2.45) is 0 Å². The van der Waals surface area contributed by atoms with E-state index >= 15 is 0 Å². The Bertz CT molecular complexity index is 398. The molecule has 0 heterocycles. The molecule has 0 saturated carbocycles. The molecule has 0 radical (unpaired) electrons. The van der Waals surface area contributed by atoms with Crippen LogP contribution in [0.25, 0.3) is 0 Å². The second kappa shape index (κ2) is 6.66. The van der Waals surface area contributed by atoms with Gasteiger partial charge in [-0.15, -0.1) is 0 Å². The van der Waals surface area contributed by atoms with Gasteiger partial charge in [0, 0.05) is 12.5 Å². The van der Waals surface area contributed by atoms with E-state index in [4.69, 9.17) is 10.4 Å². The van der Waals surface area contributed by atoms with Gasteiger partial charge in [0.2, 0.25) is 0 Å². The van der Waals surface area contributed by atoms with Crippen LogP contribution in [0.1, 0.15) is 31.4 Å². The largest absolute Gasteiger partial charge is 0.480 e. The topological polar surface area (TPSA) is 73.1 Å². The van der Waals surface area contributed by atoms with Crippen LogP contribution in [0.2, 0.25) is 0 Å². The second-order valence-electron chi connectivity index (χ2n) is 3.89. The van der Waals surface area contributed by atoms with Gasteiger partial charge >= 0.3 is 5.97 Å². The maximum Gasteiger partial charge on any atom is 0.320 e. The van der Waals surface area contributed by atoms with E-state index in [0.717, 1.165) is 5.56 Å². The number of hydrogen-bond donors (Lipinski definition) is 2. The van der Waals surface area contributed by atoms with E-state index in [9.17, 15) is 4.79 Å². The summed E-state index contributed by atoms with van der Waals surface area (Å²) in [5, 5.41) is 20.5. The van der Waals surface area contributed by atoms with Crippen molar-refractivity contribution >= 4 is 5.97 Å². The predicted molar refractivity (Wildman–Crippen MR) is 64.3 cm³/mol. The number of carbonyl (C=O) groups is 1. The Kier molecular flexibility index (Phi) is 5.18. The average Bonchev–Trinajstić information content (AvgIpc) is 2.35. The summed E-state index contributed by atoms with van der Waals surface area (Å²) in [5.41, 5.74) is 1.01. The molecule has 0 saturated heterocycles. The first-order valence-electron chi connectivity index (χ1n) is 5.56. The normalized spacial score (nSPS) is 13.6. The van der Waals surface area contributed by atoms with Gasteiger partial charge in [-0.2, -0.15) is 5.26 Å². The number of aliphatic carboxylic acids is 1. The molecule has 4 nitrogen and oxygen atoms in total. The molecular weight excluding hydrogens is 216 g/mol. The fraction of sp³-hybridized carbons (Fsp3) is 0.385. The van der Waals surface area contributed by atoms with Crippen molar-refractivity contribution in [1.29, 1.82) is 5.26 Å². The fourth-order valence-corrected chi connectivity index (χ4v) is 1.61. The van der Waals surface area contributed by atoms with Crippen LogP contribution >= 0.6 is 0 Å². The number of nitrogens with one attached hydrogen (secondary N) is 1. The molecule has 4 heteroatoms. The van der Waals surface area contributed by atoms with Crippen LogP contribution in [0, 0.1) is 11.3 Å². The lowest BCUT2D eigenvalue weighted by Crippen LogP contribution is -2.36. The monoisotopic (exact) mass is 232 g/mol. The molecule has 0 aliphatic carbocycles. The van der Waals surface area contributed by atoms with Gasteiger partial charge in [-0.25, -0.2) is 0 Å². The summed E-state index contributed by atoms with van der Waals surface area (Å²) in [7, 11) is 0. The van der Waals surface area contributed by atoms with Crippen molar-refractivity contribution in [1.82, 2.24) is 5.32 Å². The summed E-state index contributed by atoms with van der Waals surface area (Å²) in [6.45, 7) is 1.60. The minimum Gasteiger partial charge on any atom is -0.480 e. The molecule has 0 aromatic heterocycles. The lowest BCUT2D eigenvalue weighted by atomic mass is 10.0. The van der Waals surface area contributed by atoms with Gasteiger partial charge in [-0.05, 0) is 18.9 Å². The lowest BCUT2D eigenvalue weighted by Gasteiger charge is -2.20. The molecule has 1 rings (SSSR count). The third kappa shape index (κ3) is 4.25. The molecule has 0 spiro atoms. The number of hydrogen-bond acceptors (Lipinski definition) is 3. The summed E-state index contributed by atoms with van der Waals surface area (Å²) < 4.78 is 0. The maximum atomic E-state index is 10.8. The van der Waals surface area contributed by atoms with Crippen molar-refractivity contribution in [2.45, 2.75) is 31.8 Å². The number of nitrogens with zero attached hydrogens (tertiary/aromatic N) is 1. The quantitative estimate of drug-likeness (QED) is 0.787. The van der Waals surface area contributed by atoms with E-state index < -0.39 is 12.0 Å². The summed E-state index contributed by atoms with van der Waals surface area (Å²) in [6, 6.07) is 10.9. The Morgan fingerprint density at radius 1 is 1.47 bits per heavy atom. The molecule has 1 aromatic rings. The van der Waals surface area contributed by atoms with Crippen LogP contribution in [-0.2, 0) is 4.79 Å². The Morgan fingerprint density at radius 2 is 2.12 bits per heavy atom. The molecule has 0 bridgehead atoms. The summed E-state index contributed by atoms with van der Waals surface area (Å²) in [6.07, 6.45) is 1.01. The van der Waals surface area contributed by atoms with E-state index in [1.165, 1.54) is 0 Å². The van der Waals surface area contributed by atoms with Gasteiger partial charge in [-0.3, -0.25) is 10.1 Å². The Balaban J connectivity index is 2.74. The molecule has 2 N–H and O–H groups in total. The van der Waals surface area contributed by atoms with Crippen LogP contribution in [0.5, 0.6) is 0 Å². The molecule has 1 aromatic carbocycles. The molecule has 0 aliphatic heterocycles. The Morgan fingerprint density at radius 3 is 2.65 bits per heavy atom. The number of rotatable bonds is 6. The highest BCUT2D eigenvalue weighted by molar-refractivity contribution is 5.72. The highest BCUT2D eigenvalue weighted by Crippen LogP contribution is 2.18. The maximum absolute atomic E-state index is 10.8. The van der Waals surface area contributed by atoms with E-state index in [0.29, 0.717) is 12.8 Å². The first-order valence-corrected chi connectivity index (χ1v) is 5.56. The van der Waals surface area contributed by atoms with Crippen LogP contribution in [-0.4, -0.2) is 17.1 Å². The minimum atomic E-state index is -0.886. The average molecular weight is 232 g/mol. The third-order valence-electron chi connectivity index (χ3n) is 2.57. The second-order valence-corrected chi connectivity index (χ2v) is 3.89. The standard InChI is InChI=1S/C13H16N2O2/c1-10(13(16)17)15-12(8-5-9-14)11-6-3-2-4-7-11/h2-4,6-7,10,12,15H,5,8H2,1H3,(H,16,17).